The van der Waals surface area contributed by atoms with Crippen LogP contribution >= 0.6 is 0 Å². The summed E-state index contributed by atoms with van der Waals surface area (Å²) < 4.78 is 0. The summed E-state index contributed by atoms with van der Waals surface area (Å²) in [4.78, 5) is 0. The number of allylic oxidation sites excluding steroid dienone is 2. The molecule has 0 fully saturated rings. The Kier molecular flexibility index (Phi) is 20.7. The van der Waals surface area contributed by atoms with Crippen molar-refractivity contribution >= 4 is 0 Å². The number of aliphatic hydroxyl groups excluding tert-OH is 2. The molecule has 0 aliphatic rings. The molecule has 0 aromatic rings. The van der Waals surface area contributed by atoms with Gasteiger partial charge in [0.2, 0.25) is 0 Å². The number of unbranched alkanes of at least 4 members (excludes halogenated alkanes) is 13. The second-order valence-corrected chi connectivity index (χ2v) is 8.03. The highest BCUT2D eigenvalue weighted by molar-refractivity contribution is 4.81. The van der Waals surface area contributed by atoms with E-state index < -0.39 is 0 Å². The molecule has 0 aromatic heterocycles. The van der Waals surface area contributed by atoms with Crippen LogP contribution in [-0.2, 0) is 0 Å². The van der Waals surface area contributed by atoms with Gasteiger partial charge in [0.15, 0.2) is 0 Å². The maximum atomic E-state index is 9.81. The maximum absolute atomic E-state index is 9.81. The Morgan fingerprint density at radius 1 is 0.577 bits per heavy atom. The van der Waals surface area contributed by atoms with Gasteiger partial charge in [-0.05, 0) is 44.9 Å². The third kappa shape index (κ3) is 20.0. The lowest BCUT2D eigenvalue weighted by molar-refractivity contribution is 0.0721. The van der Waals surface area contributed by atoms with Crippen molar-refractivity contribution < 1.29 is 10.2 Å². The maximum Gasteiger partial charge on any atom is 0.0564 e. The van der Waals surface area contributed by atoms with Crippen LogP contribution in [0, 0.1) is 0 Å². The predicted molar refractivity (Wildman–Crippen MR) is 116 cm³/mol. The molecule has 156 valence electrons. The van der Waals surface area contributed by atoms with Crippen LogP contribution < -0.4 is 0 Å². The first-order valence-corrected chi connectivity index (χ1v) is 11.7. The molecule has 0 bridgehead atoms. The van der Waals surface area contributed by atoms with E-state index in [0.717, 1.165) is 19.3 Å². The van der Waals surface area contributed by atoms with E-state index in [1.165, 1.54) is 89.9 Å². The first-order chi connectivity index (χ1) is 12.7. The van der Waals surface area contributed by atoms with E-state index in [0.29, 0.717) is 6.42 Å². The van der Waals surface area contributed by atoms with Crippen molar-refractivity contribution in [2.24, 2.45) is 0 Å². The summed E-state index contributed by atoms with van der Waals surface area (Å²) in [5.41, 5.74) is 0. The van der Waals surface area contributed by atoms with Gasteiger partial charge in [0.25, 0.3) is 0 Å². The van der Waals surface area contributed by atoms with Crippen LogP contribution in [0.4, 0.5) is 0 Å². The van der Waals surface area contributed by atoms with Crippen molar-refractivity contribution in [1.82, 2.24) is 0 Å². The summed E-state index contributed by atoms with van der Waals surface area (Å²) in [6.45, 7) is 4.24. The fraction of sp³-hybridized carbons (Fsp3) is 0.917. The van der Waals surface area contributed by atoms with Crippen molar-refractivity contribution in [3.63, 3.8) is 0 Å². The smallest absolute Gasteiger partial charge is 0.0564 e. The van der Waals surface area contributed by atoms with Gasteiger partial charge in [-0.3, -0.25) is 0 Å². The second kappa shape index (κ2) is 21.0. The van der Waals surface area contributed by atoms with Crippen molar-refractivity contribution in [3.05, 3.63) is 12.2 Å². The third-order valence-corrected chi connectivity index (χ3v) is 5.31. The average molecular weight is 369 g/mol. The van der Waals surface area contributed by atoms with Gasteiger partial charge in [0.1, 0.15) is 0 Å². The standard InChI is InChI=1S/C24H48O2/c1-3-5-6-7-8-9-10-11-12-13-14-15-16-17-18-19-20-21-24(26)22-23(25)4-2/h11-12,23-26H,3-10,13-22H2,1-2H3/b12-11-. The largest absolute Gasteiger partial charge is 0.393 e. The van der Waals surface area contributed by atoms with Crippen molar-refractivity contribution in [2.45, 2.75) is 142 Å². The Hall–Kier alpha value is -0.340. The van der Waals surface area contributed by atoms with Gasteiger partial charge in [-0.2, -0.15) is 0 Å². The first kappa shape index (κ1) is 25.7. The molecule has 0 heterocycles. The lowest BCUT2D eigenvalue weighted by Crippen LogP contribution is -2.16. The molecule has 0 radical (unpaired) electrons. The summed E-state index contributed by atoms with van der Waals surface area (Å²) >= 11 is 0. The fourth-order valence-corrected chi connectivity index (χ4v) is 3.40. The Morgan fingerprint density at radius 2 is 1.04 bits per heavy atom. The van der Waals surface area contributed by atoms with Gasteiger partial charge in [0.05, 0.1) is 12.2 Å². The summed E-state index contributed by atoms with van der Waals surface area (Å²) in [6.07, 6.45) is 26.1. The van der Waals surface area contributed by atoms with Crippen molar-refractivity contribution in [1.29, 1.82) is 0 Å². The van der Waals surface area contributed by atoms with Gasteiger partial charge >= 0.3 is 0 Å². The molecular weight excluding hydrogens is 320 g/mol. The van der Waals surface area contributed by atoms with Gasteiger partial charge in [-0.1, -0.05) is 96.6 Å². The highest BCUT2D eigenvalue weighted by Crippen LogP contribution is 2.13. The normalized spacial score (nSPS) is 14.2. The van der Waals surface area contributed by atoms with E-state index in [1.54, 1.807) is 0 Å². The van der Waals surface area contributed by atoms with E-state index in [4.69, 9.17) is 0 Å². The number of hydrogen-bond acceptors (Lipinski definition) is 2. The third-order valence-electron chi connectivity index (χ3n) is 5.31. The minimum atomic E-state index is -0.329. The summed E-state index contributed by atoms with van der Waals surface area (Å²) in [5, 5.41) is 19.3. The zero-order valence-electron chi connectivity index (χ0n) is 17.9. The Bertz CT molecular complexity index is 288. The number of hydrogen-bond donors (Lipinski definition) is 2. The number of rotatable bonds is 20. The Morgan fingerprint density at radius 3 is 1.54 bits per heavy atom. The van der Waals surface area contributed by atoms with Gasteiger partial charge in [-0.15, -0.1) is 0 Å². The monoisotopic (exact) mass is 368 g/mol. The number of aliphatic hydroxyl groups is 2. The second-order valence-electron chi connectivity index (χ2n) is 8.03. The summed E-state index contributed by atoms with van der Waals surface area (Å²) in [5.74, 6) is 0. The Balaban J connectivity index is 3.18. The van der Waals surface area contributed by atoms with Crippen molar-refractivity contribution in [3.8, 4) is 0 Å². The molecule has 2 atom stereocenters. The summed E-state index contributed by atoms with van der Waals surface area (Å²) in [6, 6.07) is 0. The molecule has 0 amide bonds. The topological polar surface area (TPSA) is 40.5 Å². The molecule has 0 spiro atoms. The molecule has 26 heavy (non-hydrogen) atoms. The Labute approximate surface area is 164 Å². The van der Waals surface area contributed by atoms with Crippen LogP contribution in [0.25, 0.3) is 0 Å². The minimum absolute atomic E-state index is 0.312. The average Bonchev–Trinajstić information content (AvgIpc) is 2.64. The van der Waals surface area contributed by atoms with Gasteiger partial charge in [0, 0.05) is 0 Å². The SMILES string of the molecule is CCCCCCCC/C=C\CCCCCCCCCC(O)CC(O)CC. The van der Waals surface area contributed by atoms with E-state index in [-0.39, 0.29) is 12.2 Å². The first-order valence-electron chi connectivity index (χ1n) is 11.7. The zero-order chi connectivity index (χ0) is 19.3. The molecule has 0 aliphatic carbocycles. The van der Waals surface area contributed by atoms with E-state index in [9.17, 15) is 10.2 Å². The van der Waals surface area contributed by atoms with E-state index >= 15 is 0 Å². The van der Waals surface area contributed by atoms with Gasteiger partial charge in [-0.25, -0.2) is 0 Å². The van der Waals surface area contributed by atoms with Crippen LogP contribution in [-0.4, -0.2) is 22.4 Å². The molecule has 2 heteroatoms. The quantitative estimate of drug-likeness (QED) is 0.174. The summed E-state index contributed by atoms with van der Waals surface area (Å²) in [7, 11) is 0. The predicted octanol–water partition coefficient (Wildman–Crippen LogP) is 7.33. The lowest BCUT2D eigenvalue weighted by atomic mass is 10.0. The van der Waals surface area contributed by atoms with Crippen LogP contribution in [0.1, 0.15) is 129 Å². The molecule has 0 aromatic carbocycles. The molecular formula is C24H48O2. The molecule has 2 nitrogen and oxygen atoms in total. The van der Waals surface area contributed by atoms with Crippen LogP contribution in [0.15, 0.2) is 12.2 Å². The highest BCUT2D eigenvalue weighted by Gasteiger charge is 2.09. The van der Waals surface area contributed by atoms with Crippen LogP contribution in [0.5, 0.6) is 0 Å². The van der Waals surface area contributed by atoms with Crippen LogP contribution in [0.3, 0.4) is 0 Å². The van der Waals surface area contributed by atoms with E-state index in [2.05, 4.69) is 19.1 Å². The highest BCUT2D eigenvalue weighted by atomic mass is 16.3. The molecule has 0 saturated carbocycles. The molecule has 0 rings (SSSR count). The lowest BCUT2D eigenvalue weighted by Gasteiger charge is -2.13. The van der Waals surface area contributed by atoms with E-state index in [1.807, 2.05) is 6.92 Å². The molecule has 0 aliphatic heterocycles. The van der Waals surface area contributed by atoms with Crippen molar-refractivity contribution in [2.75, 3.05) is 0 Å². The molecule has 0 saturated heterocycles. The zero-order valence-corrected chi connectivity index (χ0v) is 17.9. The van der Waals surface area contributed by atoms with Crippen LogP contribution in [0.2, 0.25) is 0 Å². The fourth-order valence-electron chi connectivity index (χ4n) is 3.40. The molecule has 2 N–H and O–H groups in total. The minimum Gasteiger partial charge on any atom is -0.393 e. The van der Waals surface area contributed by atoms with Gasteiger partial charge < -0.3 is 10.2 Å². The molecule has 2 unspecified atom stereocenters.